The van der Waals surface area contributed by atoms with Gasteiger partial charge < -0.3 is 15.2 Å². The topological polar surface area (TPSA) is 75.6 Å². The van der Waals surface area contributed by atoms with Gasteiger partial charge in [0.15, 0.2) is 0 Å². The highest BCUT2D eigenvalue weighted by Gasteiger charge is 2.15. The van der Waals surface area contributed by atoms with E-state index >= 15 is 0 Å². The summed E-state index contributed by atoms with van der Waals surface area (Å²) in [6.07, 6.45) is -0.203. The minimum Gasteiger partial charge on any atom is -0.478 e. The van der Waals surface area contributed by atoms with Crippen molar-refractivity contribution in [1.29, 1.82) is 0 Å². The molecule has 0 spiro atoms. The quantitative estimate of drug-likeness (QED) is 0.782. The Balaban J connectivity index is 1.98. The van der Waals surface area contributed by atoms with Gasteiger partial charge in [0.1, 0.15) is 0 Å². The van der Waals surface area contributed by atoms with Crippen molar-refractivity contribution >= 4 is 11.9 Å². The standard InChI is InChI=1S/C19H21NO4/c1-2-24-17(14-8-4-3-5-9-14)13-20-18(21)12-15-10-6-7-11-16(15)19(22)23/h3-11,17H,2,12-13H2,1H3,(H,20,21)(H,22,23). The molecule has 5 nitrogen and oxygen atoms in total. The van der Waals surface area contributed by atoms with E-state index in [0.29, 0.717) is 18.7 Å². The SMILES string of the molecule is CCOC(CNC(=O)Cc1ccccc1C(=O)O)c1ccccc1. The van der Waals surface area contributed by atoms with Gasteiger partial charge in [-0.3, -0.25) is 4.79 Å². The number of carboxylic acid groups (broad SMARTS) is 1. The molecule has 2 aromatic carbocycles. The first-order valence-corrected chi connectivity index (χ1v) is 7.86. The maximum atomic E-state index is 12.2. The number of carbonyl (C=O) groups excluding carboxylic acids is 1. The van der Waals surface area contributed by atoms with Crippen LogP contribution >= 0.6 is 0 Å². The molecule has 2 aromatic rings. The highest BCUT2D eigenvalue weighted by molar-refractivity contribution is 5.91. The Morgan fingerprint density at radius 2 is 1.75 bits per heavy atom. The number of hydrogen-bond donors (Lipinski definition) is 2. The largest absolute Gasteiger partial charge is 0.478 e. The van der Waals surface area contributed by atoms with Gasteiger partial charge in [-0.25, -0.2) is 4.79 Å². The summed E-state index contributed by atoms with van der Waals surface area (Å²) in [5, 5.41) is 12.0. The summed E-state index contributed by atoms with van der Waals surface area (Å²) in [7, 11) is 0. The second-order valence-electron chi connectivity index (χ2n) is 5.30. The van der Waals surface area contributed by atoms with Crippen LogP contribution in [0.1, 0.15) is 34.5 Å². The Hall–Kier alpha value is -2.66. The second-order valence-corrected chi connectivity index (χ2v) is 5.30. The van der Waals surface area contributed by atoms with Crippen LogP contribution in [0.2, 0.25) is 0 Å². The molecular weight excluding hydrogens is 306 g/mol. The van der Waals surface area contributed by atoms with Crippen LogP contribution in [0.3, 0.4) is 0 Å². The van der Waals surface area contributed by atoms with Crippen LogP contribution in [-0.2, 0) is 16.0 Å². The molecular formula is C19H21NO4. The minimum absolute atomic E-state index is 0.0239. The van der Waals surface area contributed by atoms with Crippen LogP contribution < -0.4 is 5.32 Å². The van der Waals surface area contributed by atoms with Crippen LogP contribution in [0.4, 0.5) is 0 Å². The predicted molar refractivity (Wildman–Crippen MR) is 90.9 cm³/mol. The third-order valence-corrected chi connectivity index (χ3v) is 3.62. The molecule has 0 fully saturated rings. The van der Waals surface area contributed by atoms with Gasteiger partial charge in [-0.1, -0.05) is 48.5 Å². The molecule has 0 aliphatic carbocycles. The number of ether oxygens (including phenoxy) is 1. The second kappa shape index (κ2) is 8.84. The number of hydrogen-bond acceptors (Lipinski definition) is 3. The maximum Gasteiger partial charge on any atom is 0.335 e. The number of amides is 1. The molecule has 5 heteroatoms. The van der Waals surface area contributed by atoms with Gasteiger partial charge in [-0.2, -0.15) is 0 Å². The smallest absolute Gasteiger partial charge is 0.335 e. The van der Waals surface area contributed by atoms with Crippen molar-refractivity contribution in [2.24, 2.45) is 0 Å². The molecule has 0 aliphatic heterocycles. The van der Waals surface area contributed by atoms with Gasteiger partial charge in [0, 0.05) is 13.2 Å². The first-order valence-electron chi connectivity index (χ1n) is 7.86. The number of carbonyl (C=O) groups is 2. The lowest BCUT2D eigenvalue weighted by atomic mass is 10.0. The Morgan fingerprint density at radius 3 is 2.42 bits per heavy atom. The number of carboxylic acids is 1. The van der Waals surface area contributed by atoms with Gasteiger partial charge in [0.2, 0.25) is 5.91 Å². The molecule has 0 heterocycles. The fourth-order valence-corrected chi connectivity index (χ4v) is 2.47. The molecule has 2 rings (SSSR count). The van der Waals surface area contributed by atoms with Crippen LogP contribution in [0.25, 0.3) is 0 Å². The Bertz CT molecular complexity index is 685. The van der Waals surface area contributed by atoms with Crippen LogP contribution in [0, 0.1) is 0 Å². The molecule has 0 aliphatic rings. The van der Waals surface area contributed by atoms with Crippen molar-refractivity contribution < 1.29 is 19.4 Å². The first-order chi connectivity index (χ1) is 11.6. The number of aromatic carboxylic acids is 1. The summed E-state index contributed by atoms with van der Waals surface area (Å²) in [6, 6.07) is 16.2. The summed E-state index contributed by atoms with van der Waals surface area (Å²) >= 11 is 0. The summed E-state index contributed by atoms with van der Waals surface area (Å²) in [5.74, 6) is -1.26. The van der Waals surface area contributed by atoms with Gasteiger partial charge in [-0.05, 0) is 24.1 Å². The molecule has 126 valence electrons. The highest BCUT2D eigenvalue weighted by Crippen LogP contribution is 2.16. The van der Waals surface area contributed by atoms with Crippen molar-refractivity contribution in [2.45, 2.75) is 19.4 Å². The third kappa shape index (κ3) is 4.93. The zero-order valence-electron chi connectivity index (χ0n) is 13.6. The molecule has 0 saturated heterocycles. The number of rotatable bonds is 8. The van der Waals surface area contributed by atoms with Crippen LogP contribution in [-0.4, -0.2) is 30.1 Å². The summed E-state index contributed by atoms with van der Waals surface area (Å²) in [5.41, 5.74) is 1.64. The monoisotopic (exact) mass is 327 g/mol. The summed E-state index contributed by atoms with van der Waals surface area (Å²) < 4.78 is 5.68. The molecule has 0 radical (unpaired) electrons. The molecule has 2 N–H and O–H groups in total. The fourth-order valence-electron chi connectivity index (χ4n) is 2.47. The first kappa shape index (κ1) is 17.7. The van der Waals surface area contributed by atoms with Gasteiger partial charge in [0.05, 0.1) is 18.1 Å². The maximum absolute atomic E-state index is 12.2. The predicted octanol–water partition coefficient (Wildman–Crippen LogP) is 2.82. The van der Waals surface area contributed by atoms with E-state index in [0.717, 1.165) is 5.56 Å². The molecule has 1 atom stereocenters. The van der Waals surface area contributed by atoms with E-state index < -0.39 is 5.97 Å². The van der Waals surface area contributed by atoms with Crippen molar-refractivity contribution in [3.05, 3.63) is 71.3 Å². The zero-order chi connectivity index (χ0) is 17.4. The van der Waals surface area contributed by atoms with Crippen LogP contribution in [0.15, 0.2) is 54.6 Å². The number of benzene rings is 2. The lowest BCUT2D eigenvalue weighted by molar-refractivity contribution is -0.121. The average Bonchev–Trinajstić information content (AvgIpc) is 2.59. The summed E-state index contributed by atoms with van der Waals surface area (Å²) in [6.45, 7) is 2.78. The van der Waals surface area contributed by atoms with E-state index in [1.807, 2.05) is 37.3 Å². The van der Waals surface area contributed by atoms with E-state index in [4.69, 9.17) is 9.84 Å². The number of nitrogens with one attached hydrogen (secondary N) is 1. The summed E-state index contributed by atoms with van der Waals surface area (Å²) in [4.78, 5) is 23.4. The van der Waals surface area contributed by atoms with Crippen molar-refractivity contribution in [1.82, 2.24) is 5.32 Å². The molecule has 0 saturated carbocycles. The Labute approximate surface area is 141 Å². The van der Waals surface area contributed by atoms with E-state index in [1.165, 1.54) is 6.07 Å². The molecule has 24 heavy (non-hydrogen) atoms. The Kier molecular flexibility index (Phi) is 6.51. The van der Waals surface area contributed by atoms with Gasteiger partial charge in [0.25, 0.3) is 0 Å². The van der Waals surface area contributed by atoms with Gasteiger partial charge >= 0.3 is 5.97 Å². The zero-order valence-corrected chi connectivity index (χ0v) is 13.6. The van der Waals surface area contributed by atoms with E-state index in [2.05, 4.69) is 5.32 Å². The normalized spacial score (nSPS) is 11.7. The van der Waals surface area contributed by atoms with E-state index in [-0.39, 0.29) is 24.0 Å². The molecule has 0 bridgehead atoms. The van der Waals surface area contributed by atoms with Gasteiger partial charge in [-0.15, -0.1) is 0 Å². The van der Waals surface area contributed by atoms with Crippen LogP contribution in [0.5, 0.6) is 0 Å². The molecule has 1 amide bonds. The fraction of sp³-hybridized carbons (Fsp3) is 0.263. The van der Waals surface area contributed by atoms with E-state index in [1.54, 1.807) is 18.2 Å². The van der Waals surface area contributed by atoms with Crippen molar-refractivity contribution in [3.63, 3.8) is 0 Å². The van der Waals surface area contributed by atoms with Crippen molar-refractivity contribution in [2.75, 3.05) is 13.2 Å². The molecule has 1 unspecified atom stereocenters. The van der Waals surface area contributed by atoms with E-state index in [9.17, 15) is 9.59 Å². The highest BCUT2D eigenvalue weighted by atomic mass is 16.5. The lowest BCUT2D eigenvalue weighted by Crippen LogP contribution is -2.31. The third-order valence-electron chi connectivity index (χ3n) is 3.62. The lowest BCUT2D eigenvalue weighted by Gasteiger charge is -2.18. The van der Waals surface area contributed by atoms with Crippen molar-refractivity contribution in [3.8, 4) is 0 Å². The minimum atomic E-state index is -1.03. The Morgan fingerprint density at radius 1 is 1.08 bits per heavy atom. The average molecular weight is 327 g/mol. The molecule has 0 aromatic heterocycles.